The van der Waals surface area contributed by atoms with E-state index in [1.165, 1.54) is 12.8 Å². The van der Waals surface area contributed by atoms with Crippen molar-refractivity contribution in [3.05, 3.63) is 70.2 Å². The molecule has 4 rings (SSSR count). The van der Waals surface area contributed by atoms with E-state index in [4.69, 9.17) is 11.6 Å². The van der Waals surface area contributed by atoms with Gasteiger partial charge in [0.1, 0.15) is 12.6 Å². The third-order valence-corrected chi connectivity index (χ3v) is 6.78. The van der Waals surface area contributed by atoms with Gasteiger partial charge in [-0.25, -0.2) is 0 Å². The molecule has 0 unspecified atom stereocenters. The molecule has 1 aliphatic heterocycles. The van der Waals surface area contributed by atoms with Gasteiger partial charge >= 0.3 is 0 Å². The lowest BCUT2D eigenvalue weighted by atomic mass is 9.96. The number of carbonyl (C=O) groups is 2. The highest BCUT2D eigenvalue weighted by Gasteiger charge is 2.42. The molecule has 2 aromatic rings. The lowest BCUT2D eigenvalue weighted by Crippen LogP contribution is -2.57. The maximum atomic E-state index is 13.8. The van der Waals surface area contributed by atoms with Crippen LogP contribution >= 0.6 is 11.6 Å². The Morgan fingerprint density at radius 1 is 0.933 bits per heavy atom. The first-order valence-corrected chi connectivity index (χ1v) is 11.3. The van der Waals surface area contributed by atoms with Crippen LogP contribution in [-0.2, 0) is 16.1 Å². The Balaban J connectivity index is 1.68. The summed E-state index contributed by atoms with van der Waals surface area (Å²) < 4.78 is 0. The van der Waals surface area contributed by atoms with Crippen LogP contribution in [0.15, 0.2) is 48.5 Å². The van der Waals surface area contributed by atoms with E-state index in [-0.39, 0.29) is 24.4 Å². The SMILES string of the molecule is Cc1ccc([C@@H]2C(=O)N(C3CCCCCC3)CC(=O)N2Cc2ccccc2Cl)cc1. The predicted molar refractivity (Wildman–Crippen MR) is 119 cm³/mol. The molecule has 2 fully saturated rings. The van der Waals surface area contributed by atoms with Gasteiger partial charge in [0.15, 0.2) is 0 Å². The summed E-state index contributed by atoms with van der Waals surface area (Å²) in [6, 6.07) is 15.1. The van der Waals surface area contributed by atoms with E-state index in [1.54, 1.807) is 4.90 Å². The Hall–Kier alpha value is -2.33. The maximum Gasteiger partial charge on any atom is 0.250 e. The Bertz CT molecular complexity index is 904. The fourth-order valence-corrected chi connectivity index (χ4v) is 4.88. The highest BCUT2D eigenvalue weighted by molar-refractivity contribution is 6.31. The normalized spacial score (nSPS) is 21.1. The largest absolute Gasteiger partial charge is 0.328 e. The molecule has 4 nitrogen and oxygen atoms in total. The van der Waals surface area contributed by atoms with E-state index in [9.17, 15) is 9.59 Å². The molecule has 2 aliphatic rings. The predicted octanol–water partition coefficient (Wildman–Crippen LogP) is 5.28. The van der Waals surface area contributed by atoms with E-state index in [0.717, 1.165) is 42.4 Å². The van der Waals surface area contributed by atoms with Gasteiger partial charge in [0.2, 0.25) is 5.91 Å². The highest BCUT2D eigenvalue weighted by Crippen LogP contribution is 2.34. The van der Waals surface area contributed by atoms with Crippen LogP contribution in [0.4, 0.5) is 0 Å². The number of benzene rings is 2. The van der Waals surface area contributed by atoms with E-state index >= 15 is 0 Å². The molecule has 0 N–H and O–H groups in total. The molecule has 1 atom stereocenters. The number of aryl methyl sites for hydroxylation is 1. The Morgan fingerprint density at radius 3 is 2.27 bits per heavy atom. The van der Waals surface area contributed by atoms with Crippen molar-refractivity contribution < 1.29 is 9.59 Å². The van der Waals surface area contributed by atoms with Gasteiger partial charge in [0, 0.05) is 17.6 Å². The molecule has 2 aromatic carbocycles. The minimum atomic E-state index is -0.605. The number of hydrogen-bond donors (Lipinski definition) is 0. The summed E-state index contributed by atoms with van der Waals surface area (Å²) in [5.41, 5.74) is 2.86. The Morgan fingerprint density at radius 2 is 1.60 bits per heavy atom. The van der Waals surface area contributed by atoms with Crippen LogP contribution in [-0.4, -0.2) is 34.2 Å². The topological polar surface area (TPSA) is 40.6 Å². The van der Waals surface area contributed by atoms with Gasteiger partial charge in [-0.3, -0.25) is 9.59 Å². The van der Waals surface area contributed by atoms with E-state index in [1.807, 2.05) is 60.4 Å². The van der Waals surface area contributed by atoms with Crippen molar-refractivity contribution in [2.75, 3.05) is 6.54 Å². The molecule has 2 amide bonds. The van der Waals surface area contributed by atoms with Gasteiger partial charge in [-0.2, -0.15) is 0 Å². The molecule has 30 heavy (non-hydrogen) atoms. The summed E-state index contributed by atoms with van der Waals surface area (Å²) in [5, 5.41) is 0.617. The minimum Gasteiger partial charge on any atom is -0.328 e. The number of piperazine rings is 1. The zero-order valence-electron chi connectivity index (χ0n) is 17.5. The number of rotatable bonds is 4. The number of hydrogen-bond acceptors (Lipinski definition) is 2. The van der Waals surface area contributed by atoms with Gasteiger partial charge in [-0.1, -0.05) is 85.3 Å². The second-order valence-corrected chi connectivity index (χ2v) is 8.94. The van der Waals surface area contributed by atoms with Crippen molar-refractivity contribution in [3.63, 3.8) is 0 Å². The molecule has 0 bridgehead atoms. The third kappa shape index (κ3) is 4.39. The van der Waals surface area contributed by atoms with Crippen LogP contribution in [0.2, 0.25) is 5.02 Å². The fourth-order valence-electron chi connectivity index (χ4n) is 4.69. The fraction of sp³-hybridized carbons (Fsp3) is 0.440. The summed E-state index contributed by atoms with van der Waals surface area (Å²) in [6.07, 6.45) is 6.66. The van der Waals surface area contributed by atoms with Crippen LogP contribution < -0.4 is 0 Å². The summed E-state index contributed by atoms with van der Waals surface area (Å²) in [4.78, 5) is 30.7. The molecular formula is C25H29ClN2O2. The number of nitrogens with zero attached hydrogens (tertiary/aromatic N) is 2. The van der Waals surface area contributed by atoms with Crippen LogP contribution in [0.5, 0.6) is 0 Å². The Labute approximate surface area is 183 Å². The molecular weight excluding hydrogens is 396 g/mol. The third-order valence-electron chi connectivity index (χ3n) is 6.41. The lowest BCUT2D eigenvalue weighted by molar-refractivity contribution is -0.159. The molecule has 0 radical (unpaired) electrons. The van der Waals surface area contributed by atoms with Crippen molar-refractivity contribution in [1.29, 1.82) is 0 Å². The summed E-state index contributed by atoms with van der Waals surface area (Å²) >= 11 is 6.38. The second-order valence-electron chi connectivity index (χ2n) is 8.54. The molecule has 1 saturated carbocycles. The maximum absolute atomic E-state index is 13.8. The molecule has 5 heteroatoms. The number of amides is 2. The first-order valence-electron chi connectivity index (χ1n) is 10.9. The van der Waals surface area contributed by atoms with Crippen LogP contribution in [0.25, 0.3) is 0 Å². The van der Waals surface area contributed by atoms with Gasteiger partial charge in [-0.05, 0) is 37.0 Å². The minimum absolute atomic E-state index is 0.00987. The lowest BCUT2D eigenvalue weighted by Gasteiger charge is -2.43. The summed E-state index contributed by atoms with van der Waals surface area (Å²) in [5.74, 6) is 0.0294. The van der Waals surface area contributed by atoms with E-state index in [0.29, 0.717) is 11.6 Å². The second kappa shape index (κ2) is 9.22. The Kier molecular flexibility index (Phi) is 6.43. The van der Waals surface area contributed by atoms with Crippen molar-refractivity contribution in [2.24, 2.45) is 0 Å². The van der Waals surface area contributed by atoms with Gasteiger partial charge in [0.25, 0.3) is 5.91 Å². The van der Waals surface area contributed by atoms with Crippen molar-refractivity contribution in [3.8, 4) is 0 Å². The zero-order chi connectivity index (χ0) is 21.1. The molecule has 0 spiro atoms. The van der Waals surface area contributed by atoms with Crippen molar-refractivity contribution in [1.82, 2.24) is 9.80 Å². The first-order chi connectivity index (χ1) is 14.5. The monoisotopic (exact) mass is 424 g/mol. The van der Waals surface area contributed by atoms with Gasteiger partial charge in [0.05, 0.1) is 0 Å². The zero-order valence-corrected chi connectivity index (χ0v) is 18.3. The summed E-state index contributed by atoms with van der Waals surface area (Å²) in [6.45, 7) is 2.52. The van der Waals surface area contributed by atoms with Gasteiger partial charge in [-0.15, -0.1) is 0 Å². The number of halogens is 1. The quantitative estimate of drug-likeness (QED) is 0.626. The molecule has 158 valence electrons. The van der Waals surface area contributed by atoms with Gasteiger partial charge < -0.3 is 9.80 Å². The first kappa shape index (κ1) is 20.9. The standard InChI is InChI=1S/C25H29ClN2O2/c1-18-12-14-19(15-13-18)24-25(30)27(21-9-4-2-3-5-10-21)17-23(29)28(24)16-20-8-6-7-11-22(20)26/h6-8,11-15,21,24H,2-5,9-10,16-17H2,1H3/t24-/m1/s1. The smallest absolute Gasteiger partial charge is 0.250 e. The van der Waals surface area contributed by atoms with Crippen LogP contribution in [0, 0.1) is 6.92 Å². The van der Waals surface area contributed by atoms with Crippen LogP contribution in [0.3, 0.4) is 0 Å². The van der Waals surface area contributed by atoms with E-state index in [2.05, 4.69) is 0 Å². The molecule has 1 saturated heterocycles. The average molecular weight is 425 g/mol. The average Bonchev–Trinajstić information content (AvgIpc) is 3.02. The number of carbonyl (C=O) groups excluding carboxylic acids is 2. The van der Waals surface area contributed by atoms with Crippen molar-refractivity contribution >= 4 is 23.4 Å². The van der Waals surface area contributed by atoms with Crippen LogP contribution in [0.1, 0.15) is 61.3 Å². The molecule has 0 aromatic heterocycles. The highest BCUT2D eigenvalue weighted by atomic mass is 35.5. The van der Waals surface area contributed by atoms with E-state index < -0.39 is 6.04 Å². The van der Waals surface area contributed by atoms with Crippen molar-refractivity contribution in [2.45, 2.75) is 64.1 Å². The molecule has 1 aliphatic carbocycles. The molecule has 1 heterocycles. The summed E-state index contributed by atoms with van der Waals surface area (Å²) in [7, 11) is 0.